The summed E-state index contributed by atoms with van der Waals surface area (Å²) in [4.78, 5) is 44.6. The largest absolute Gasteiger partial charge is 0.510 e. The van der Waals surface area contributed by atoms with E-state index in [4.69, 9.17) is 5.73 Å². The maximum absolute atomic E-state index is 14.2. The maximum atomic E-state index is 14.2. The second-order valence-corrected chi connectivity index (χ2v) is 12.7. The predicted molar refractivity (Wildman–Crippen MR) is 152 cm³/mol. The number of ketones is 2. The molecule has 0 aromatic heterocycles. The average molecular weight is 623 g/mol. The van der Waals surface area contributed by atoms with Gasteiger partial charge in [-0.3, -0.25) is 24.2 Å². The van der Waals surface area contributed by atoms with Crippen molar-refractivity contribution in [1.29, 1.82) is 0 Å². The van der Waals surface area contributed by atoms with Gasteiger partial charge in [0.2, 0.25) is 5.78 Å². The number of nitrogens with two attached hydrogens (primary N) is 1. The smallest absolute Gasteiger partial charge is 0.393 e. The average Bonchev–Trinajstić information content (AvgIpc) is 2.91. The molecule has 0 saturated carbocycles. The lowest BCUT2D eigenvalue weighted by Crippen LogP contribution is -2.63. The standard InChI is InChI=1S/C30H37F3N4O7/c1-35(2)18-10-14(11-37-7-5-6-15(12-37)30(31,32)33)23(38)20-16(18)8-13-9-17-22(36(3)4)25(40)21(28(34)43)27(42)29(17,44)26(41)19(13)24(20)39/h10,13,15,17,22,38,40-41,44H,5-9,11-12H2,1-4H3,(H2,34,43)/t13-,15?,17-,22-,29-/m0/s1. The predicted octanol–water partition coefficient (Wildman–Crippen LogP) is 1.96. The van der Waals surface area contributed by atoms with Gasteiger partial charge in [0.25, 0.3) is 5.91 Å². The monoisotopic (exact) mass is 622 g/mol. The summed E-state index contributed by atoms with van der Waals surface area (Å²) in [5, 5.41) is 45.7. The molecule has 1 saturated heterocycles. The van der Waals surface area contributed by atoms with Gasteiger partial charge in [-0.05, 0) is 63.9 Å². The number of benzene rings is 1. The van der Waals surface area contributed by atoms with Crippen LogP contribution in [0, 0.1) is 17.8 Å². The number of piperidine rings is 1. The van der Waals surface area contributed by atoms with Crippen LogP contribution in [0.3, 0.4) is 0 Å². The third-order valence-electron chi connectivity index (χ3n) is 9.62. The lowest BCUT2D eigenvalue weighted by atomic mass is 9.58. The van der Waals surface area contributed by atoms with Crippen molar-refractivity contribution in [2.75, 3.05) is 46.2 Å². The number of aliphatic hydroxyl groups excluding tert-OH is 2. The Morgan fingerprint density at radius 3 is 2.39 bits per heavy atom. The minimum atomic E-state index is -4.36. The highest BCUT2D eigenvalue weighted by molar-refractivity contribution is 6.25. The zero-order chi connectivity index (χ0) is 32.6. The third kappa shape index (κ3) is 4.74. The first kappa shape index (κ1) is 31.8. The van der Waals surface area contributed by atoms with Gasteiger partial charge in [-0.15, -0.1) is 0 Å². The zero-order valence-electron chi connectivity index (χ0n) is 24.9. The van der Waals surface area contributed by atoms with Gasteiger partial charge in [0, 0.05) is 49.9 Å². The molecule has 240 valence electrons. The van der Waals surface area contributed by atoms with Crippen LogP contribution < -0.4 is 10.6 Å². The van der Waals surface area contributed by atoms with Crippen LogP contribution >= 0.6 is 0 Å². The van der Waals surface area contributed by atoms with Crippen LogP contribution in [0.5, 0.6) is 5.75 Å². The second-order valence-electron chi connectivity index (χ2n) is 12.7. The first-order valence-electron chi connectivity index (χ1n) is 14.4. The second kappa shape index (κ2) is 10.8. The van der Waals surface area contributed by atoms with E-state index in [2.05, 4.69) is 0 Å². The van der Waals surface area contributed by atoms with Crippen LogP contribution in [0.15, 0.2) is 28.7 Å². The number of allylic oxidation sites excluding steroid dienone is 1. The summed E-state index contributed by atoms with van der Waals surface area (Å²) in [6.07, 6.45) is -3.98. The van der Waals surface area contributed by atoms with E-state index in [1.807, 2.05) is 0 Å². The molecule has 1 unspecified atom stereocenters. The first-order valence-corrected chi connectivity index (χ1v) is 14.4. The van der Waals surface area contributed by atoms with E-state index in [1.165, 1.54) is 4.90 Å². The summed E-state index contributed by atoms with van der Waals surface area (Å²) >= 11 is 0. The molecular formula is C30H37F3N4O7. The molecule has 1 amide bonds. The number of fused-ring (bicyclic) bond motifs is 3. The number of aliphatic hydroxyl groups is 3. The van der Waals surface area contributed by atoms with Crippen molar-refractivity contribution in [3.8, 4) is 5.75 Å². The van der Waals surface area contributed by atoms with Crippen molar-refractivity contribution in [1.82, 2.24) is 9.80 Å². The first-order chi connectivity index (χ1) is 20.4. The number of hydrogen-bond donors (Lipinski definition) is 5. The number of amides is 1. The summed E-state index contributed by atoms with van der Waals surface area (Å²) in [5.41, 5.74) is 2.47. The number of likely N-dealkylation sites (tertiary alicyclic amines) is 1. The number of carbonyl (C=O) groups excluding carboxylic acids is 3. The number of rotatable bonds is 5. The number of aromatic hydroxyl groups is 1. The molecule has 1 aromatic rings. The highest BCUT2D eigenvalue weighted by atomic mass is 19.4. The number of anilines is 1. The Bertz CT molecular complexity index is 1500. The molecule has 0 spiro atoms. The lowest BCUT2D eigenvalue weighted by molar-refractivity contribution is -0.187. The molecule has 6 N–H and O–H groups in total. The molecule has 11 nitrogen and oxygen atoms in total. The minimum Gasteiger partial charge on any atom is -0.510 e. The van der Waals surface area contributed by atoms with Crippen molar-refractivity contribution >= 4 is 23.2 Å². The number of hydrogen-bond acceptors (Lipinski definition) is 10. The molecule has 1 fully saturated rings. The van der Waals surface area contributed by atoms with Crippen LogP contribution in [-0.2, 0) is 22.6 Å². The van der Waals surface area contributed by atoms with Crippen LogP contribution in [-0.4, -0.2) is 107 Å². The van der Waals surface area contributed by atoms with E-state index in [-0.39, 0.29) is 49.1 Å². The quantitative estimate of drug-likeness (QED) is 0.306. The van der Waals surface area contributed by atoms with Crippen LogP contribution in [0.2, 0.25) is 0 Å². The van der Waals surface area contributed by atoms with E-state index in [9.17, 15) is 48.0 Å². The summed E-state index contributed by atoms with van der Waals surface area (Å²) in [7, 11) is 6.55. The van der Waals surface area contributed by atoms with Gasteiger partial charge >= 0.3 is 6.18 Å². The van der Waals surface area contributed by atoms with Gasteiger partial charge < -0.3 is 31.1 Å². The fourth-order valence-electron chi connectivity index (χ4n) is 7.58. The van der Waals surface area contributed by atoms with E-state index in [1.54, 1.807) is 44.1 Å². The van der Waals surface area contributed by atoms with Crippen LogP contribution in [0.4, 0.5) is 18.9 Å². The Morgan fingerprint density at radius 2 is 1.82 bits per heavy atom. The fourth-order valence-corrected chi connectivity index (χ4v) is 7.58. The number of primary amides is 1. The molecule has 5 atom stereocenters. The van der Waals surface area contributed by atoms with Crippen LogP contribution in [0.1, 0.15) is 40.7 Å². The van der Waals surface area contributed by atoms with E-state index in [0.29, 0.717) is 24.2 Å². The summed E-state index contributed by atoms with van der Waals surface area (Å²) in [5.74, 6) is -8.95. The highest BCUT2D eigenvalue weighted by Crippen LogP contribution is 2.53. The molecule has 5 rings (SSSR count). The molecule has 1 heterocycles. The Balaban J connectivity index is 1.62. The molecule has 3 aliphatic carbocycles. The number of nitrogens with zero attached hydrogens (tertiary/aromatic N) is 3. The molecule has 1 aromatic carbocycles. The van der Waals surface area contributed by atoms with Crippen molar-refractivity contribution in [2.45, 2.75) is 50.0 Å². The van der Waals surface area contributed by atoms with Gasteiger partial charge in [-0.1, -0.05) is 0 Å². The minimum absolute atomic E-state index is 0.00809. The number of phenols is 1. The normalized spacial score (nSPS) is 29.5. The van der Waals surface area contributed by atoms with E-state index < -0.39 is 75.9 Å². The molecule has 0 radical (unpaired) electrons. The number of phenolic OH excluding ortho intramolecular Hbond substituents is 1. The molecule has 4 aliphatic rings. The van der Waals surface area contributed by atoms with Crippen molar-refractivity contribution < 1.29 is 48.0 Å². The van der Waals surface area contributed by atoms with E-state index >= 15 is 0 Å². The van der Waals surface area contributed by atoms with Crippen molar-refractivity contribution in [2.24, 2.45) is 23.5 Å². The van der Waals surface area contributed by atoms with Gasteiger partial charge in [0.15, 0.2) is 11.4 Å². The highest BCUT2D eigenvalue weighted by Gasteiger charge is 2.63. The number of alkyl halides is 3. The van der Waals surface area contributed by atoms with Crippen molar-refractivity contribution in [3.63, 3.8) is 0 Å². The third-order valence-corrected chi connectivity index (χ3v) is 9.62. The molecule has 44 heavy (non-hydrogen) atoms. The lowest BCUT2D eigenvalue weighted by Gasteiger charge is -2.50. The zero-order valence-corrected chi connectivity index (χ0v) is 24.9. The Morgan fingerprint density at radius 1 is 1.16 bits per heavy atom. The van der Waals surface area contributed by atoms with Crippen molar-refractivity contribution in [3.05, 3.63) is 45.4 Å². The molecule has 14 heteroatoms. The summed E-state index contributed by atoms with van der Waals surface area (Å²) in [6.45, 7) is 0.0508. The molecule has 0 bridgehead atoms. The molecule has 1 aliphatic heterocycles. The summed E-state index contributed by atoms with van der Waals surface area (Å²) in [6, 6.07) is 0.543. The number of halogens is 3. The Kier molecular flexibility index (Phi) is 7.78. The van der Waals surface area contributed by atoms with Crippen LogP contribution in [0.25, 0.3) is 0 Å². The number of carbonyl (C=O) groups is 3. The van der Waals surface area contributed by atoms with Gasteiger partial charge in [-0.2, -0.15) is 13.2 Å². The van der Waals surface area contributed by atoms with E-state index in [0.717, 1.165) is 0 Å². The van der Waals surface area contributed by atoms with Gasteiger partial charge in [0.05, 0.1) is 17.5 Å². The number of likely N-dealkylation sites (N-methyl/N-ethyl adjacent to an activating group) is 1. The van der Waals surface area contributed by atoms with Gasteiger partial charge in [0.1, 0.15) is 22.8 Å². The SMILES string of the molecule is CN(C)c1cc(CN2CCCC(C(F)(F)F)C2)c(O)c2c1C[C@H]1C[C@H]3[C@H](N(C)C)C(O)=C(C(N)=O)C(=O)[C@@]3(O)C(O)=C1C2=O. The number of Topliss-reactive ketones (excluding diaryl/α,β-unsaturated/α-hetero) is 2. The maximum Gasteiger partial charge on any atom is 0.393 e. The summed E-state index contributed by atoms with van der Waals surface area (Å²) < 4.78 is 40.4. The molecular weight excluding hydrogens is 585 g/mol. The Hall–Kier alpha value is -3.62. The topological polar surface area (TPSA) is 168 Å². The van der Waals surface area contributed by atoms with Gasteiger partial charge in [-0.25, -0.2) is 0 Å². The fraction of sp³-hybridized carbons (Fsp3) is 0.567. The Labute approximate surface area is 252 Å².